The fraction of sp³-hybridized carbons (Fsp3) is 0.176. The minimum Gasteiger partial charge on any atom is -0.428 e. The number of nitriles is 1. The van der Waals surface area contributed by atoms with Crippen molar-refractivity contribution in [2.45, 2.75) is 19.1 Å². The summed E-state index contributed by atoms with van der Waals surface area (Å²) in [6.07, 6.45) is 7.55. The Balaban J connectivity index is 2.22. The van der Waals surface area contributed by atoms with Crippen molar-refractivity contribution >= 4 is 11.7 Å². The van der Waals surface area contributed by atoms with Crippen LogP contribution < -0.4 is 0 Å². The van der Waals surface area contributed by atoms with Gasteiger partial charge in [0.2, 0.25) is 5.72 Å². The van der Waals surface area contributed by atoms with Crippen molar-refractivity contribution in [1.82, 2.24) is 0 Å². The molecule has 1 atom stereocenters. The Labute approximate surface area is 128 Å². The smallest absolute Gasteiger partial charge is 0.335 e. The number of nitrogens with zero attached hydrogens (tertiary/aromatic N) is 3. The van der Waals surface area contributed by atoms with Gasteiger partial charge in [0.1, 0.15) is 0 Å². The predicted molar refractivity (Wildman–Crippen MR) is 82.2 cm³/mol. The summed E-state index contributed by atoms with van der Waals surface area (Å²) >= 11 is 0. The molecule has 0 bridgehead atoms. The highest BCUT2D eigenvalue weighted by Gasteiger charge is 2.31. The van der Waals surface area contributed by atoms with E-state index in [1.165, 1.54) is 0 Å². The summed E-state index contributed by atoms with van der Waals surface area (Å²) in [7, 11) is 0. The third kappa shape index (κ3) is 3.76. The number of azo groups is 1. The Hall–Kier alpha value is -3.00. The quantitative estimate of drug-likeness (QED) is 0.479. The van der Waals surface area contributed by atoms with Gasteiger partial charge < -0.3 is 4.74 Å². The number of esters is 1. The highest BCUT2D eigenvalue weighted by atomic mass is 16.6. The second kappa shape index (κ2) is 6.64. The number of hydrogen-bond acceptors (Lipinski definition) is 5. The maximum absolute atomic E-state index is 11.8. The molecule has 1 aliphatic carbocycles. The molecule has 0 saturated heterocycles. The largest absolute Gasteiger partial charge is 0.428 e. The maximum atomic E-state index is 11.8. The van der Waals surface area contributed by atoms with Gasteiger partial charge in [-0.2, -0.15) is 10.4 Å². The summed E-state index contributed by atoms with van der Waals surface area (Å²) in [5, 5.41) is 17.1. The highest BCUT2D eigenvalue weighted by Crippen LogP contribution is 2.27. The van der Waals surface area contributed by atoms with Crippen LogP contribution in [0.3, 0.4) is 0 Å². The molecule has 0 spiro atoms. The zero-order chi connectivity index (χ0) is 16.0. The molecule has 0 saturated carbocycles. The third-order valence-electron chi connectivity index (χ3n) is 2.96. The molecule has 0 radical (unpaired) electrons. The number of allylic oxidation sites excluding steroid dienone is 2. The number of carbonyl (C=O) groups excluding carboxylic acids is 1. The van der Waals surface area contributed by atoms with E-state index in [2.05, 4.69) is 16.8 Å². The fourth-order valence-electron chi connectivity index (χ4n) is 1.75. The molecule has 5 heteroatoms. The van der Waals surface area contributed by atoms with Crippen LogP contribution in [0.1, 0.15) is 18.9 Å². The van der Waals surface area contributed by atoms with Gasteiger partial charge in [-0.25, -0.2) is 4.79 Å². The minimum atomic E-state index is -1.15. The molecule has 110 valence electrons. The number of carbonyl (C=O) groups is 1. The van der Waals surface area contributed by atoms with Gasteiger partial charge in [0.05, 0.1) is 17.3 Å². The average molecular weight is 293 g/mol. The normalized spacial score (nSPS) is 19.8. The van der Waals surface area contributed by atoms with Gasteiger partial charge in [-0.1, -0.05) is 24.8 Å². The standard InChI is InChI=1S/C17H15N3O2/c1-13(2)16(21)22-17(10-4-3-5-11-17)20-19-15-8-6-14(12-18)7-9-15/h3-10H,1,11H2,2H3. The molecule has 1 aromatic carbocycles. The van der Waals surface area contributed by atoms with Gasteiger partial charge in [-0.3, -0.25) is 0 Å². The zero-order valence-corrected chi connectivity index (χ0v) is 12.2. The summed E-state index contributed by atoms with van der Waals surface area (Å²) < 4.78 is 5.42. The molecule has 1 aromatic rings. The molecule has 0 amide bonds. The minimum absolute atomic E-state index is 0.302. The van der Waals surface area contributed by atoms with Gasteiger partial charge in [-0.15, -0.1) is 5.11 Å². The predicted octanol–water partition coefficient (Wildman–Crippen LogP) is 3.97. The van der Waals surface area contributed by atoms with Crippen LogP contribution in [0.5, 0.6) is 0 Å². The first-order chi connectivity index (χ1) is 10.5. The Morgan fingerprint density at radius 2 is 2.09 bits per heavy atom. The van der Waals surface area contributed by atoms with Crippen molar-refractivity contribution in [3.05, 3.63) is 66.3 Å². The summed E-state index contributed by atoms with van der Waals surface area (Å²) in [6, 6.07) is 8.69. The van der Waals surface area contributed by atoms with E-state index in [9.17, 15) is 4.79 Å². The van der Waals surface area contributed by atoms with Crippen LogP contribution >= 0.6 is 0 Å². The summed E-state index contributed by atoms with van der Waals surface area (Å²) in [5.74, 6) is -0.515. The first-order valence-corrected chi connectivity index (χ1v) is 6.71. The van der Waals surface area contributed by atoms with Gasteiger partial charge in [-0.05, 0) is 37.3 Å². The molecule has 2 rings (SSSR count). The third-order valence-corrected chi connectivity index (χ3v) is 2.96. The van der Waals surface area contributed by atoms with Gasteiger partial charge in [0, 0.05) is 12.0 Å². The Morgan fingerprint density at radius 1 is 1.36 bits per heavy atom. The van der Waals surface area contributed by atoms with E-state index in [0.717, 1.165) is 0 Å². The summed E-state index contributed by atoms with van der Waals surface area (Å²) in [5.41, 5.74) is 0.269. The van der Waals surface area contributed by atoms with Crippen LogP contribution in [-0.2, 0) is 9.53 Å². The first kappa shape index (κ1) is 15.4. The second-order valence-corrected chi connectivity index (χ2v) is 4.86. The Morgan fingerprint density at radius 3 is 2.64 bits per heavy atom. The van der Waals surface area contributed by atoms with E-state index in [-0.39, 0.29) is 0 Å². The molecule has 0 aliphatic heterocycles. The maximum Gasteiger partial charge on any atom is 0.335 e. The lowest BCUT2D eigenvalue weighted by Crippen LogP contribution is -2.31. The van der Waals surface area contributed by atoms with E-state index >= 15 is 0 Å². The SMILES string of the molecule is C=C(C)C(=O)OC1(N=Nc2ccc(C#N)cc2)C=CC=CC1. The van der Waals surface area contributed by atoms with Crippen molar-refractivity contribution in [3.8, 4) is 6.07 Å². The number of ether oxygens (including phenoxy) is 1. The number of hydrogen-bond donors (Lipinski definition) is 0. The van der Waals surface area contributed by atoms with E-state index < -0.39 is 11.7 Å². The van der Waals surface area contributed by atoms with E-state index in [1.807, 2.05) is 18.2 Å². The lowest BCUT2D eigenvalue weighted by molar-refractivity contribution is -0.149. The first-order valence-electron chi connectivity index (χ1n) is 6.71. The van der Waals surface area contributed by atoms with Crippen molar-refractivity contribution in [2.75, 3.05) is 0 Å². The van der Waals surface area contributed by atoms with E-state index in [0.29, 0.717) is 23.2 Å². The van der Waals surface area contributed by atoms with Crippen LogP contribution in [-0.4, -0.2) is 11.7 Å². The molecule has 1 unspecified atom stereocenters. The molecular weight excluding hydrogens is 278 g/mol. The van der Waals surface area contributed by atoms with Crippen molar-refractivity contribution in [2.24, 2.45) is 10.2 Å². The van der Waals surface area contributed by atoms with Crippen LogP contribution in [0.25, 0.3) is 0 Å². The van der Waals surface area contributed by atoms with E-state index in [4.69, 9.17) is 10.00 Å². The van der Waals surface area contributed by atoms with Crippen molar-refractivity contribution in [3.63, 3.8) is 0 Å². The molecule has 1 aliphatic rings. The van der Waals surface area contributed by atoms with Gasteiger partial charge >= 0.3 is 5.97 Å². The van der Waals surface area contributed by atoms with Crippen LogP contribution in [0.2, 0.25) is 0 Å². The molecule has 0 aromatic heterocycles. The topological polar surface area (TPSA) is 74.8 Å². The number of rotatable bonds is 4. The lowest BCUT2D eigenvalue weighted by Gasteiger charge is -2.25. The second-order valence-electron chi connectivity index (χ2n) is 4.86. The molecule has 0 heterocycles. The van der Waals surface area contributed by atoms with Crippen LogP contribution in [0, 0.1) is 11.3 Å². The molecule has 5 nitrogen and oxygen atoms in total. The Bertz CT molecular complexity index is 708. The van der Waals surface area contributed by atoms with Crippen molar-refractivity contribution in [1.29, 1.82) is 5.26 Å². The van der Waals surface area contributed by atoms with Crippen molar-refractivity contribution < 1.29 is 9.53 Å². The van der Waals surface area contributed by atoms with Gasteiger partial charge in [0.15, 0.2) is 0 Å². The zero-order valence-electron chi connectivity index (χ0n) is 12.2. The monoisotopic (exact) mass is 293 g/mol. The lowest BCUT2D eigenvalue weighted by atomic mass is 10.1. The molecule has 0 fully saturated rings. The van der Waals surface area contributed by atoms with Crippen LogP contribution in [0.15, 0.2) is 71.0 Å². The number of benzene rings is 1. The fourth-order valence-corrected chi connectivity index (χ4v) is 1.75. The molecular formula is C17H15N3O2. The van der Waals surface area contributed by atoms with Crippen LogP contribution in [0.4, 0.5) is 5.69 Å². The van der Waals surface area contributed by atoms with Gasteiger partial charge in [0.25, 0.3) is 0 Å². The summed E-state index contributed by atoms with van der Waals surface area (Å²) in [4.78, 5) is 11.8. The van der Waals surface area contributed by atoms with E-state index in [1.54, 1.807) is 43.3 Å². The Kier molecular flexibility index (Phi) is 4.64. The molecule has 22 heavy (non-hydrogen) atoms. The molecule has 0 N–H and O–H groups in total. The average Bonchev–Trinajstić information content (AvgIpc) is 2.54. The summed E-state index contributed by atoms with van der Waals surface area (Å²) in [6.45, 7) is 5.15. The highest BCUT2D eigenvalue weighted by molar-refractivity contribution is 5.87.